The highest BCUT2D eigenvalue weighted by Gasteiger charge is 2.18. The van der Waals surface area contributed by atoms with Crippen molar-refractivity contribution in [3.05, 3.63) is 42.1 Å². The van der Waals surface area contributed by atoms with Crippen LogP contribution in [0.3, 0.4) is 0 Å². The van der Waals surface area contributed by atoms with Gasteiger partial charge in [0.2, 0.25) is 0 Å². The van der Waals surface area contributed by atoms with E-state index in [2.05, 4.69) is 39.3 Å². The van der Waals surface area contributed by atoms with Crippen LogP contribution in [0.1, 0.15) is 23.7 Å². The molecule has 0 atom stereocenters. The van der Waals surface area contributed by atoms with Gasteiger partial charge in [-0.15, -0.1) is 0 Å². The van der Waals surface area contributed by atoms with E-state index in [0.29, 0.717) is 17.1 Å². The summed E-state index contributed by atoms with van der Waals surface area (Å²) >= 11 is 0. The lowest BCUT2D eigenvalue weighted by atomic mass is 10.1. The number of nitrogens with zero attached hydrogens (tertiary/aromatic N) is 3. The van der Waals surface area contributed by atoms with Gasteiger partial charge in [0, 0.05) is 23.6 Å². The molecule has 0 radical (unpaired) electrons. The summed E-state index contributed by atoms with van der Waals surface area (Å²) in [6.45, 7) is 3.42. The van der Waals surface area contributed by atoms with E-state index in [-0.39, 0.29) is 5.78 Å². The van der Waals surface area contributed by atoms with E-state index in [9.17, 15) is 4.79 Å². The minimum absolute atomic E-state index is 0.000366. The third-order valence-corrected chi connectivity index (χ3v) is 4.03. The number of para-hydroxylation sites is 1. The van der Waals surface area contributed by atoms with Crippen LogP contribution in [0, 0.1) is 0 Å². The first-order valence-corrected chi connectivity index (χ1v) is 8.40. The SMILES string of the molecule is CC(=O)c1c(-c2nccc(NCCCN(C)C)n2)[nH]c2ccccc12. The van der Waals surface area contributed by atoms with Gasteiger partial charge in [0.25, 0.3) is 0 Å². The lowest BCUT2D eigenvalue weighted by molar-refractivity contribution is 0.102. The Bertz CT molecular complexity index is 884. The Morgan fingerprint density at radius 3 is 2.80 bits per heavy atom. The second-order valence-electron chi connectivity index (χ2n) is 6.33. The van der Waals surface area contributed by atoms with Crippen LogP contribution in [0.4, 0.5) is 5.82 Å². The molecule has 6 nitrogen and oxygen atoms in total. The number of ketones is 1. The van der Waals surface area contributed by atoms with Crippen LogP contribution in [0.15, 0.2) is 36.5 Å². The topological polar surface area (TPSA) is 73.9 Å². The standard InChI is InChI=1S/C19H23N5O/c1-13(25)17-14-7-4-5-8-15(14)22-18(17)19-21-11-9-16(23-19)20-10-6-12-24(2)3/h4-5,7-9,11,22H,6,10,12H2,1-3H3,(H,20,21,23). The Labute approximate surface area is 147 Å². The molecular formula is C19H23N5O. The molecular weight excluding hydrogens is 314 g/mol. The molecule has 0 saturated carbocycles. The molecule has 2 aromatic heterocycles. The molecule has 0 spiro atoms. The number of rotatable bonds is 7. The summed E-state index contributed by atoms with van der Waals surface area (Å²) < 4.78 is 0. The maximum absolute atomic E-state index is 12.2. The molecule has 0 bridgehead atoms. The van der Waals surface area contributed by atoms with E-state index in [1.807, 2.05) is 30.3 Å². The molecule has 3 aromatic rings. The summed E-state index contributed by atoms with van der Waals surface area (Å²) in [6, 6.07) is 9.60. The van der Waals surface area contributed by atoms with Gasteiger partial charge >= 0.3 is 0 Å². The van der Waals surface area contributed by atoms with Gasteiger partial charge in [-0.2, -0.15) is 0 Å². The third-order valence-electron chi connectivity index (χ3n) is 4.03. The second-order valence-corrected chi connectivity index (χ2v) is 6.33. The van der Waals surface area contributed by atoms with E-state index in [1.165, 1.54) is 0 Å². The molecule has 2 N–H and O–H groups in total. The number of nitrogens with one attached hydrogen (secondary N) is 2. The summed E-state index contributed by atoms with van der Waals surface area (Å²) in [7, 11) is 4.12. The minimum Gasteiger partial charge on any atom is -0.370 e. The Morgan fingerprint density at radius 2 is 2.04 bits per heavy atom. The molecule has 0 aliphatic heterocycles. The normalized spacial score (nSPS) is 11.2. The van der Waals surface area contributed by atoms with Crippen molar-refractivity contribution in [2.45, 2.75) is 13.3 Å². The van der Waals surface area contributed by atoms with Crippen LogP contribution in [-0.4, -0.2) is 52.8 Å². The highest BCUT2D eigenvalue weighted by Crippen LogP contribution is 2.29. The predicted octanol–water partition coefficient (Wildman–Crippen LogP) is 3.19. The number of hydrogen-bond donors (Lipinski definition) is 2. The first-order valence-electron chi connectivity index (χ1n) is 8.40. The van der Waals surface area contributed by atoms with Gasteiger partial charge < -0.3 is 15.2 Å². The summed E-state index contributed by atoms with van der Waals surface area (Å²) in [6.07, 6.45) is 2.74. The van der Waals surface area contributed by atoms with Crippen LogP contribution in [0.25, 0.3) is 22.4 Å². The largest absolute Gasteiger partial charge is 0.370 e. The molecule has 0 fully saturated rings. The zero-order valence-electron chi connectivity index (χ0n) is 14.8. The number of hydrogen-bond acceptors (Lipinski definition) is 5. The zero-order valence-corrected chi connectivity index (χ0v) is 14.8. The quantitative estimate of drug-likeness (QED) is 0.512. The minimum atomic E-state index is 0.000366. The van der Waals surface area contributed by atoms with E-state index in [1.54, 1.807) is 13.1 Å². The number of aromatic amines is 1. The molecule has 0 amide bonds. The van der Waals surface area contributed by atoms with Gasteiger partial charge in [0.05, 0.1) is 11.3 Å². The van der Waals surface area contributed by atoms with Gasteiger partial charge in [-0.3, -0.25) is 4.79 Å². The van der Waals surface area contributed by atoms with E-state index in [4.69, 9.17) is 0 Å². The average Bonchev–Trinajstić information content (AvgIpc) is 2.98. The van der Waals surface area contributed by atoms with Gasteiger partial charge in [-0.05, 0) is 46.1 Å². The molecule has 0 saturated heterocycles. The maximum atomic E-state index is 12.2. The molecule has 1 aromatic carbocycles. The first kappa shape index (κ1) is 17.1. The maximum Gasteiger partial charge on any atom is 0.178 e. The summed E-state index contributed by atoms with van der Waals surface area (Å²) in [5.74, 6) is 1.29. The van der Waals surface area contributed by atoms with Crippen LogP contribution < -0.4 is 5.32 Å². The van der Waals surface area contributed by atoms with Crippen molar-refractivity contribution in [3.63, 3.8) is 0 Å². The van der Waals surface area contributed by atoms with E-state index >= 15 is 0 Å². The van der Waals surface area contributed by atoms with Crippen LogP contribution in [-0.2, 0) is 0 Å². The monoisotopic (exact) mass is 337 g/mol. The van der Waals surface area contributed by atoms with Gasteiger partial charge in [0.15, 0.2) is 11.6 Å². The number of aromatic nitrogens is 3. The smallest absolute Gasteiger partial charge is 0.178 e. The van der Waals surface area contributed by atoms with E-state index < -0.39 is 0 Å². The molecule has 2 heterocycles. The number of benzene rings is 1. The van der Waals surface area contributed by atoms with Crippen molar-refractivity contribution in [1.82, 2.24) is 19.9 Å². The summed E-state index contributed by atoms with van der Waals surface area (Å²) in [5.41, 5.74) is 2.22. The number of H-pyrrole nitrogens is 1. The Balaban J connectivity index is 1.89. The predicted molar refractivity (Wildman–Crippen MR) is 101 cm³/mol. The zero-order chi connectivity index (χ0) is 17.8. The average molecular weight is 337 g/mol. The molecule has 25 heavy (non-hydrogen) atoms. The number of carbonyl (C=O) groups is 1. The fourth-order valence-corrected chi connectivity index (χ4v) is 2.86. The fourth-order valence-electron chi connectivity index (χ4n) is 2.86. The second kappa shape index (κ2) is 7.44. The van der Waals surface area contributed by atoms with Gasteiger partial charge in [0.1, 0.15) is 5.82 Å². The van der Waals surface area contributed by atoms with Gasteiger partial charge in [-0.1, -0.05) is 18.2 Å². The van der Waals surface area contributed by atoms with Crippen molar-refractivity contribution < 1.29 is 4.79 Å². The van der Waals surface area contributed by atoms with Crippen LogP contribution in [0.5, 0.6) is 0 Å². The highest BCUT2D eigenvalue weighted by molar-refractivity contribution is 6.11. The Kier molecular flexibility index (Phi) is 5.09. The lowest BCUT2D eigenvalue weighted by Gasteiger charge is -2.10. The first-order chi connectivity index (χ1) is 12.1. The number of Topliss-reactive ketones (excluding diaryl/α,β-unsaturated/α-hetero) is 1. The Hall–Kier alpha value is -2.73. The Morgan fingerprint density at radius 1 is 1.24 bits per heavy atom. The number of anilines is 1. The fraction of sp³-hybridized carbons (Fsp3) is 0.316. The van der Waals surface area contributed by atoms with E-state index in [0.717, 1.165) is 36.2 Å². The summed E-state index contributed by atoms with van der Waals surface area (Å²) in [4.78, 5) is 26.6. The summed E-state index contributed by atoms with van der Waals surface area (Å²) in [5, 5.41) is 4.22. The van der Waals surface area contributed by atoms with Crippen LogP contribution >= 0.6 is 0 Å². The molecule has 3 rings (SSSR count). The number of carbonyl (C=O) groups excluding carboxylic acids is 1. The molecule has 130 valence electrons. The van der Waals surface area contributed by atoms with Crippen LogP contribution in [0.2, 0.25) is 0 Å². The van der Waals surface area contributed by atoms with Crippen molar-refractivity contribution in [2.24, 2.45) is 0 Å². The molecule has 0 aliphatic carbocycles. The van der Waals surface area contributed by atoms with Crippen molar-refractivity contribution >= 4 is 22.5 Å². The molecule has 0 unspecified atom stereocenters. The van der Waals surface area contributed by atoms with Gasteiger partial charge in [-0.25, -0.2) is 9.97 Å². The van der Waals surface area contributed by atoms with Crippen molar-refractivity contribution in [3.8, 4) is 11.5 Å². The number of fused-ring (bicyclic) bond motifs is 1. The lowest BCUT2D eigenvalue weighted by Crippen LogP contribution is -2.16. The highest BCUT2D eigenvalue weighted by atomic mass is 16.1. The van der Waals surface area contributed by atoms with Crippen molar-refractivity contribution in [1.29, 1.82) is 0 Å². The molecule has 0 aliphatic rings. The van der Waals surface area contributed by atoms with Crippen molar-refractivity contribution in [2.75, 3.05) is 32.5 Å². The molecule has 6 heteroatoms. The third kappa shape index (κ3) is 3.85.